The molecule has 2 nitrogen and oxygen atoms in total. The first-order valence-corrected chi connectivity index (χ1v) is 6.28. The molecule has 2 aliphatic heterocycles. The number of hydrogen-bond donors (Lipinski definition) is 0. The van der Waals surface area contributed by atoms with Crippen LogP contribution in [0.4, 0.5) is 0 Å². The maximum atomic E-state index is 5.52. The van der Waals surface area contributed by atoms with Crippen LogP contribution in [0, 0.1) is 5.41 Å². The van der Waals surface area contributed by atoms with Gasteiger partial charge in [0.05, 0.1) is 6.10 Å². The van der Waals surface area contributed by atoms with Gasteiger partial charge in [0, 0.05) is 25.7 Å². The van der Waals surface area contributed by atoms with Crippen molar-refractivity contribution in [1.29, 1.82) is 0 Å². The minimum Gasteiger partial charge on any atom is -0.381 e. The van der Waals surface area contributed by atoms with E-state index < -0.39 is 0 Å². The Hall–Kier alpha value is -0.0800. The topological polar surface area (TPSA) is 12.5 Å². The molecule has 0 aromatic carbocycles. The van der Waals surface area contributed by atoms with E-state index in [-0.39, 0.29) is 0 Å². The number of methoxy groups -OCH3 is 1. The van der Waals surface area contributed by atoms with Crippen LogP contribution in [0.3, 0.4) is 0 Å². The van der Waals surface area contributed by atoms with Crippen LogP contribution in [-0.4, -0.2) is 36.7 Å². The van der Waals surface area contributed by atoms with Crippen LogP contribution >= 0.6 is 0 Å². The first kappa shape index (κ1) is 11.4. The third-order valence-electron chi connectivity index (χ3n) is 3.83. The summed E-state index contributed by atoms with van der Waals surface area (Å²) in [6.45, 7) is 8.28. The number of ether oxygens (including phenoxy) is 1. The molecule has 2 heterocycles. The molecule has 2 unspecified atom stereocenters. The Balaban J connectivity index is 1.99. The summed E-state index contributed by atoms with van der Waals surface area (Å²) in [6, 6.07) is 1.60. The van der Waals surface area contributed by atoms with Crippen LogP contribution in [0.2, 0.25) is 0 Å². The largest absolute Gasteiger partial charge is 0.381 e. The summed E-state index contributed by atoms with van der Waals surface area (Å²) in [7, 11) is 1.86. The molecule has 0 spiro atoms. The van der Waals surface area contributed by atoms with Crippen molar-refractivity contribution in [1.82, 2.24) is 4.90 Å². The van der Waals surface area contributed by atoms with Crippen molar-refractivity contribution in [3.8, 4) is 0 Å². The van der Waals surface area contributed by atoms with Gasteiger partial charge in [-0.25, -0.2) is 0 Å². The van der Waals surface area contributed by atoms with E-state index in [1.54, 1.807) is 0 Å². The van der Waals surface area contributed by atoms with Gasteiger partial charge in [-0.15, -0.1) is 0 Å². The second-order valence-electron chi connectivity index (χ2n) is 6.45. The van der Waals surface area contributed by atoms with Crippen LogP contribution in [0.5, 0.6) is 0 Å². The lowest BCUT2D eigenvalue weighted by Crippen LogP contribution is -2.48. The van der Waals surface area contributed by atoms with Crippen molar-refractivity contribution in [2.45, 2.75) is 64.6 Å². The van der Waals surface area contributed by atoms with Crippen LogP contribution in [0.25, 0.3) is 0 Å². The monoisotopic (exact) mass is 211 g/mol. The number of piperidine rings is 1. The molecule has 2 saturated heterocycles. The highest BCUT2D eigenvalue weighted by atomic mass is 16.5. The lowest BCUT2D eigenvalue weighted by molar-refractivity contribution is -0.00580. The third kappa shape index (κ3) is 2.54. The van der Waals surface area contributed by atoms with Crippen molar-refractivity contribution >= 4 is 0 Å². The molecule has 0 N–H and O–H groups in total. The van der Waals surface area contributed by atoms with Crippen molar-refractivity contribution in [3.05, 3.63) is 0 Å². The molecule has 2 atom stereocenters. The summed E-state index contributed by atoms with van der Waals surface area (Å²) in [4.78, 5) is 2.75. The van der Waals surface area contributed by atoms with Crippen LogP contribution in [-0.2, 0) is 4.74 Å². The molecule has 2 rings (SSSR count). The average molecular weight is 211 g/mol. The van der Waals surface area contributed by atoms with E-state index in [4.69, 9.17) is 4.74 Å². The number of nitrogens with zero attached hydrogens (tertiary/aromatic N) is 1. The Morgan fingerprint density at radius 2 is 1.67 bits per heavy atom. The molecule has 88 valence electrons. The zero-order chi connectivity index (χ0) is 11.1. The molecule has 0 amide bonds. The summed E-state index contributed by atoms with van der Waals surface area (Å²) in [5.74, 6) is 0. The lowest BCUT2D eigenvalue weighted by Gasteiger charge is -2.41. The minimum atomic E-state index is 0.431. The van der Waals surface area contributed by atoms with Gasteiger partial charge in [-0.2, -0.15) is 0 Å². The standard InChI is InChI=1S/C13H25NO/c1-13(2,3)9-14-10-5-6-11(14)8-12(7-10)15-4/h10-12H,5-9H2,1-4H3. The Morgan fingerprint density at radius 3 is 2.07 bits per heavy atom. The Labute approximate surface area is 94.0 Å². The van der Waals surface area contributed by atoms with Gasteiger partial charge in [-0.3, -0.25) is 4.90 Å². The summed E-state index contributed by atoms with van der Waals surface area (Å²) >= 11 is 0. The highest BCUT2D eigenvalue weighted by molar-refractivity contribution is 4.96. The summed E-state index contributed by atoms with van der Waals surface area (Å²) in [5, 5.41) is 0. The van der Waals surface area contributed by atoms with Gasteiger partial charge in [-0.1, -0.05) is 20.8 Å². The maximum absolute atomic E-state index is 5.52. The van der Waals surface area contributed by atoms with E-state index >= 15 is 0 Å². The van der Waals surface area contributed by atoms with Gasteiger partial charge in [0.1, 0.15) is 0 Å². The van der Waals surface area contributed by atoms with E-state index in [2.05, 4.69) is 25.7 Å². The molecule has 0 aromatic heterocycles. The summed E-state index contributed by atoms with van der Waals surface area (Å²) in [5.41, 5.74) is 0.431. The van der Waals surface area contributed by atoms with Crippen molar-refractivity contribution < 1.29 is 4.74 Å². The van der Waals surface area contributed by atoms with Crippen molar-refractivity contribution in [2.75, 3.05) is 13.7 Å². The normalized spacial score (nSPS) is 37.2. The highest BCUT2D eigenvalue weighted by Crippen LogP contribution is 2.38. The van der Waals surface area contributed by atoms with Crippen molar-refractivity contribution in [2.24, 2.45) is 5.41 Å². The number of fused-ring (bicyclic) bond motifs is 2. The van der Waals surface area contributed by atoms with Gasteiger partial charge in [0.15, 0.2) is 0 Å². The predicted molar refractivity (Wildman–Crippen MR) is 63.0 cm³/mol. The molecule has 0 radical (unpaired) electrons. The summed E-state index contributed by atoms with van der Waals surface area (Å²) in [6.07, 6.45) is 5.81. The zero-order valence-corrected chi connectivity index (χ0v) is 10.6. The molecular weight excluding hydrogens is 186 g/mol. The number of rotatable bonds is 2. The quantitative estimate of drug-likeness (QED) is 0.696. The first-order valence-electron chi connectivity index (χ1n) is 6.28. The minimum absolute atomic E-state index is 0.431. The first-order chi connectivity index (χ1) is 6.99. The lowest BCUT2D eigenvalue weighted by atomic mass is 9.92. The average Bonchev–Trinajstić information content (AvgIpc) is 2.37. The Bertz CT molecular complexity index is 207. The molecule has 0 saturated carbocycles. The van der Waals surface area contributed by atoms with Crippen molar-refractivity contribution in [3.63, 3.8) is 0 Å². The van der Waals surface area contributed by atoms with Gasteiger partial charge < -0.3 is 4.74 Å². The van der Waals surface area contributed by atoms with Crippen LogP contribution in [0.15, 0.2) is 0 Å². The van der Waals surface area contributed by atoms with E-state index in [1.807, 2.05) is 7.11 Å². The molecule has 15 heavy (non-hydrogen) atoms. The fourth-order valence-electron chi connectivity index (χ4n) is 3.22. The smallest absolute Gasteiger partial charge is 0.0601 e. The second kappa shape index (κ2) is 4.06. The van der Waals surface area contributed by atoms with Crippen LogP contribution in [0.1, 0.15) is 46.5 Å². The van der Waals surface area contributed by atoms with Gasteiger partial charge in [0.2, 0.25) is 0 Å². The molecule has 0 aliphatic carbocycles. The second-order valence-corrected chi connectivity index (χ2v) is 6.45. The Morgan fingerprint density at radius 1 is 1.13 bits per heavy atom. The van der Waals surface area contributed by atoms with Gasteiger partial charge in [0.25, 0.3) is 0 Å². The number of hydrogen-bond acceptors (Lipinski definition) is 2. The fourth-order valence-corrected chi connectivity index (χ4v) is 3.22. The maximum Gasteiger partial charge on any atom is 0.0601 e. The van der Waals surface area contributed by atoms with Gasteiger partial charge in [-0.05, 0) is 31.1 Å². The van der Waals surface area contributed by atoms with E-state index in [0.29, 0.717) is 11.5 Å². The SMILES string of the molecule is COC1CC2CCC(C1)N2CC(C)(C)C. The van der Waals surface area contributed by atoms with E-state index in [1.165, 1.54) is 32.2 Å². The molecule has 2 heteroatoms. The Kier molecular flexibility index (Phi) is 3.09. The zero-order valence-electron chi connectivity index (χ0n) is 10.6. The molecular formula is C13H25NO. The summed E-state index contributed by atoms with van der Waals surface area (Å²) < 4.78 is 5.52. The third-order valence-corrected chi connectivity index (χ3v) is 3.83. The molecule has 2 fully saturated rings. The molecule has 0 aromatic rings. The molecule has 2 bridgehead atoms. The van der Waals surface area contributed by atoms with Gasteiger partial charge >= 0.3 is 0 Å². The van der Waals surface area contributed by atoms with E-state index in [9.17, 15) is 0 Å². The highest BCUT2D eigenvalue weighted by Gasteiger charge is 2.41. The molecule has 2 aliphatic rings. The van der Waals surface area contributed by atoms with Crippen LogP contribution < -0.4 is 0 Å². The predicted octanol–water partition coefficient (Wildman–Crippen LogP) is 2.67. The van der Waals surface area contributed by atoms with E-state index in [0.717, 1.165) is 12.1 Å². The fraction of sp³-hybridized carbons (Fsp3) is 1.00.